The molecule has 0 aliphatic carbocycles. The quantitative estimate of drug-likeness (QED) is 0.710. The molecule has 2 amide bonds. The number of esters is 1. The van der Waals surface area contributed by atoms with E-state index in [0.717, 1.165) is 0 Å². The van der Waals surface area contributed by atoms with Gasteiger partial charge in [-0.15, -0.1) is 0 Å². The van der Waals surface area contributed by atoms with E-state index in [-0.39, 0.29) is 11.4 Å². The Labute approximate surface area is 150 Å². The van der Waals surface area contributed by atoms with E-state index in [1.54, 1.807) is 6.07 Å². The van der Waals surface area contributed by atoms with E-state index in [2.05, 4.69) is 26.6 Å². The number of carbonyl (C=O) groups is 3. The lowest BCUT2D eigenvalue weighted by Gasteiger charge is -2.14. The molecule has 25 heavy (non-hydrogen) atoms. The Morgan fingerprint density at radius 3 is 2.60 bits per heavy atom. The summed E-state index contributed by atoms with van der Waals surface area (Å²) in [6, 6.07) is 8.56. The van der Waals surface area contributed by atoms with Gasteiger partial charge in [-0.3, -0.25) is 14.4 Å². The van der Waals surface area contributed by atoms with E-state index in [1.165, 1.54) is 37.3 Å². The maximum atomic E-state index is 13.5. The summed E-state index contributed by atoms with van der Waals surface area (Å²) in [7, 11) is 0. The van der Waals surface area contributed by atoms with Crippen LogP contribution in [0.5, 0.6) is 0 Å². The normalized spacial score (nSPS) is 11.5. The molecule has 1 heterocycles. The lowest BCUT2D eigenvalue weighted by molar-refractivity contribution is -0.152. The van der Waals surface area contributed by atoms with E-state index < -0.39 is 36.2 Å². The van der Waals surface area contributed by atoms with Crippen LogP contribution in [0.15, 0.2) is 45.5 Å². The summed E-state index contributed by atoms with van der Waals surface area (Å²) in [5.74, 6) is -2.71. The minimum atomic E-state index is -1.17. The van der Waals surface area contributed by atoms with Gasteiger partial charge < -0.3 is 19.8 Å². The lowest BCUT2D eigenvalue weighted by Crippen LogP contribution is -2.35. The van der Waals surface area contributed by atoms with Crippen molar-refractivity contribution < 1.29 is 27.9 Å². The number of anilines is 1. The van der Waals surface area contributed by atoms with Crippen molar-refractivity contribution in [3.63, 3.8) is 0 Å². The first-order chi connectivity index (χ1) is 11.9. The fourth-order valence-corrected chi connectivity index (χ4v) is 2.07. The Balaban J connectivity index is 1.80. The fourth-order valence-electron chi connectivity index (χ4n) is 1.77. The number of halogens is 2. The predicted molar refractivity (Wildman–Crippen MR) is 89.3 cm³/mol. The fraction of sp³-hybridized carbons (Fsp3) is 0.188. The standard InChI is InChI=1S/C16H14BrFN2O5/c1-9(15(22)20-11-5-3-2-4-10(11)18)24-14(21)8-19-16(23)12-6-7-13(17)25-12/h2-7,9H,8H2,1H3,(H,19,23)(H,20,22)/t9-/m1/s1. The van der Waals surface area contributed by atoms with Gasteiger partial charge in [-0.05, 0) is 47.1 Å². The van der Waals surface area contributed by atoms with Crippen LogP contribution in [-0.4, -0.2) is 30.4 Å². The molecule has 132 valence electrons. The Kier molecular flexibility index (Phi) is 6.29. The summed E-state index contributed by atoms with van der Waals surface area (Å²) in [6.07, 6.45) is -1.17. The predicted octanol–water partition coefficient (Wildman–Crippen LogP) is 2.48. The summed E-state index contributed by atoms with van der Waals surface area (Å²) in [6.45, 7) is 0.883. The zero-order valence-corrected chi connectivity index (χ0v) is 14.6. The molecule has 0 saturated carbocycles. The zero-order valence-electron chi connectivity index (χ0n) is 13.0. The molecular formula is C16H14BrFN2O5. The molecule has 0 aliphatic rings. The van der Waals surface area contributed by atoms with Crippen molar-refractivity contribution >= 4 is 39.4 Å². The number of benzene rings is 1. The number of carbonyl (C=O) groups excluding carboxylic acids is 3. The molecule has 9 heteroatoms. The number of furan rings is 1. The molecule has 0 saturated heterocycles. The van der Waals surface area contributed by atoms with Crippen molar-refractivity contribution in [3.05, 3.63) is 52.6 Å². The van der Waals surface area contributed by atoms with Crippen LogP contribution in [0.3, 0.4) is 0 Å². The molecule has 2 N–H and O–H groups in total. The van der Waals surface area contributed by atoms with Crippen molar-refractivity contribution in [3.8, 4) is 0 Å². The maximum Gasteiger partial charge on any atom is 0.326 e. The summed E-state index contributed by atoms with van der Waals surface area (Å²) in [4.78, 5) is 35.3. The second-order valence-corrected chi connectivity index (χ2v) is 5.67. The van der Waals surface area contributed by atoms with Gasteiger partial charge in [0.25, 0.3) is 11.8 Å². The largest absolute Gasteiger partial charge is 0.451 e. The second-order valence-electron chi connectivity index (χ2n) is 4.89. The van der Waals surface area contributed by atoms with Crippen LogP contribution in [0, 0.1) is 5.82 Å². The summed E-state index contributed by atoms with van der Waals surface area (Å²) in [5, 5.41) is 4.61. The first kappa shape index (κ1) is 18.7. The Bertz CT molecular complexity index is 792. The topological polar surface area (TPSA) is 97.6 Å². The van der Waals surface area contributed by atoms with Crippen LogP contribution in [0.4, 0.5) is 10.1 Å². The molecule has 0 spiro atoms. The molecule has 0 radical (unpaired) electrons. The van der Waals surface area contributed by atoms with Gasteiger partial charge in [0.1, 0.15) is 12.4 Å². The Morgan fingerprint density at radius 1 is 1.24 bits per heavy atom. The lowest BCUT2D eigenvalue weighted by atomic mass is 10.3. The van der Waals surface area contributed by atoms with Crippen LogP contribution < -0.4 is 10.6 Å². The van der Waals surface area contributed by atoms with Gasteiger partial charge in [-0.2, -0.15) is 0 Å². The number of ether oxygens (including phenoxy) is 1. The highest BCUT2D eigenvalue weighted by Crippen LogP contribution is 2.14. The molecule has 0 aliphatic heterocycles. The van der Waals surface area contributed by atoms with Gasteiger partial charge in [0.15, 0.2) is 16.5 Å². The molecule has 1 aromatic carbocycles. The number of rotatable bonds is 6. The molecule has 0 bridgehead atoms. The zero-order chi connectivity index (χ0) is 18.4. The molecular weight excluding hydrogens is 399 g/mol. The van der Waals surface area contributed by atoms with Gasteiger partial charge in [-0.1, -0.05) is 12.1 Å². The summed E-state index contributed by atoms with van der Waals surface area (Å²) < 4.78 is 23.8. The van der Waals surface area contributed by atoms with Gasteiger partial charge >= 0.3 is 5.97 Å². The van der Waals surface area contributed by atoms with E-state index in [9.17, 15) is 18.8 Å². The third kappa shape index (κ3) is 5.42. The third-order valence-electron chi connectivity index (χ3n) is 3.00. The van der Waals surface area contributed by atoms with E-state index >= 15 is 0 Å². The molecule has 2 aromatic rings. The molecule has 0 unspecified atom stereocenters. The number of para-hydroxylation sites is 1. The Hall–Kier alpha value is -2.68. The molecule has 2 rings (SSSR count). The molecule has 1 atom stereocenters. The number of hydrogen-bond donors (Lipinski definition) is 2. The van der Waals surface area contributed by atoms with E-state index in [0.29, 0.717) is 4.67 Å². The van der Waals surface area contributed by atoms with Crippen molar-refractivity contribution in [2.75, 3.05) is 11.9 Å². The first-order valence-corrected chi connectivity index (χ1v) is 7.94. The SMILES string of the molecule is C[C@@H](OC(=O)CNC(=O)c1ccc(Br)o1)C(=O)Nc1ccccc1F. The van der Waals surface area contributed by atoms with Crippen LogP contribution in [0.1, 0.15) is 17.5 Å². The van der Waals surface area contributed by atoms with E-state index in [1.807, 2.05) is 0 Å². The maximum absolute atomic E-state index is 13.5. The van der Waals surface area contributed by atoms with Gasteiger partial charge in [0, 0.05) is 0 Å². The highest BCUT2D eigenvalue weighted by Gasteiger charge is 2.20. The minimum Gasteiger partial charge on any atom is -0.451 e. The highest BCUT2D eigenvalue weighted by molar-refractivity contribution is 9.10. The van der Waals surface area contributed by atoms with Gasteiger partial charge in [-0.25, -0.2) is 4.39 Å². The Morgan fingerprint density at radius 2 is 1.96 bits per heavy atom. The van der Waals surface area contributed by atoms with Gasteiger partial charge in [0.2, 0.25) is 0 Å². The molecule has 1 aromatic heterocycles. The third-order valence-corrected chi connectivity index (χ3v) is 3.43. The number of nitrogens with one attached hydrogen (secondary N) is 2. The van der Waals surface area contributed by atoms with Crippen molar-refractivity contribution in [1.29, 1.82) is 0 Å². The van der Waals surface area contributed by atoms with Crippen LogP contribution in [0.2, 0.25) is 0 Å². The second kappa shape index (κ2) is 8.43. The smallest absolute Gasteiger partial charge is 0.326 e. The highest BCUT2D eigenvalue weighted by atomic mass is 79.9. The van der Waals surface area contributed by atoms with Crippen molar-refractivity contribution in [1.82, 2.24) is 5.32 Å². The number of amides is 2. The summed E-state index contributed by atoms with van der Waals surface area (Å²) >= 11 is 3.05. The van der Waals surface area contributed by atoms with Crippen molar-refractivity contribution in [2.24, 2.45) is 0 Å². The van der Waals surface area contributed by atoms with Crippen molar-refractivity contribution in [2.45, 2.75) is 13.0 Å². The van der Waals surface area contributed by atoms with Crippen LogP contribution in [-0.2, 0) is 14.3 Å². The summed E-state index contributed by atoms with van der Waals surface area (Å²) in [5.41, 5.74) is -0.0212. The molecule has 7 nitrogen and oxygen atoms in total. The first-order valence-electron chi connectivity index (χ1n) is 7.15. The minimum absolute atomic E-state index is 0.0185. The monoisotopic (exact) mass is 412 g/mol. The average Bonchev–Trinajstić information content (AvgIpc) is 3.01. The average molecular weight is 413 g/mol. The van der Waals surface area contributed by atoms with E-state index in [4.69, 9.17) is 9.15 Å². The van der Waals surface area contributed by atoms with Gasteiger partial charge in [0.05, 0.1) is 5.69 Å². The molecule has 0 fully saturated rings. The van der Waals surface area contributed by atoms with Crippen LogP contribution in [0.25, 0.3) is 0 Å². The van der Waals surface area contributed by atoms with Crippen LogP contribution >= 0.6 is 15.9 Å². The number of hydrogen-bond acceptors (Lipinski definition) is 5.